The van der Waals surface area contributed by atoms with Crippen LogP contribution in [0.4, 0.5) is 11.4 Å². The van der Waals surface area contributed by atoms with Gasteiger partial charge in [-0.25, -0.2) is 13.8 Å². The van der Waals surface area contributed by atoms with Crippen LogP contribution in [0.15, 0.2) is 41.5 Å². The summed E-state index contributed by atoms with van der Waals surface area (Å²) in [5.74, 6) is -0.686. The van der Waals surface area contributed by atoms with E-state index in [9.17, 15) is 23.3 Å². The van der Waals surface area contributed by atoms with Gasteiger partial charge in [0.1, 0.15) is 6.54 Å². The highest BCUT2D eigenvalue weighted by atomic mass is 35.5. The number of sulfonamides is 1. The van der Waals surface area contributed by atoms with Crippen molar-refractivity contribution < 1.29 is 18.1 Å². The number of nitro groups is 1. The maximum absolute atomic E-state index is 12.2. The number of aryl methyl sites for hydroxylation is 1. The average Bonchev–Trinajstić information content (AvgIpc) is 2.63. The molecular weight excluding hydrogens is 420 g/mol. The summed E-state index contributed by atoms with van der Waals surface area (Å²) in [5, 5.41) is 14.8. The highest BCUT2D eigenvalue weighted by molar-refractivity contribution is 7.92. The molecule has 0 aliphatic carbocycles. The molecule has 1 amide bonds. The van der Waals surface area contributed by atoms with Crippen LogP contribution in [0.1, 0.15) is 16.7 Å². The van der Waals surface area contributed by atoms with Crippen LogP contribution in [0.3, 0.4) is 0 Å². The molecule has 2 aromatic rings. The van der Waals surface area contributed by atoms with Gasteiger partial charge in [0.05, 0.1) is 23.1 Å². The van der Waals surface area contributed by atoms with Gasteiger partial charge in [0, 0.05) is 22.7 Å². The lowest BCUT2D eigenvalue weighted by Crippen LogP contribution is -2.39. The fourth-order valence-electron chi connectivity index (χ4n) is 2.47. The Labute approximate surface area is 173 Å². The summed E-state index contributed by atoms with van der Waals surface area (Å²) in [6, 6.07) is 8.95. The third-order valence-electron chi connectivity index (χ3n) is 4.12. The van der Waals surface area contributed by atoms with Crippen molar-refractivity contribution in [3.63, 3.8) is 0 Å². The van der Waals surface area contributed by atoms with Crippen molar-refractivity contribution in [1.82, 2.24) is 5.43 Å². The maximum Gasteiger partial charge on any atom is 0.270 e. The molecule has 29 heavy (non-hydrogen) atoms. The number of amides is 1. The molecule has 0 saturated heterocycles. The molecule has 0 spiro atoms. The van der Waals surface area contributed by atoms with Crippen LogP contribution in [-0.4, -0.2) is 38.3 Å². The summed E-state index contributed by atoms with van der Waals surface area (Å²) >= 11 is 5.96. The highest BCUT2D eigenvalue weighted by Gasteiger charge is 2.22. The predicted octanol–water partition coefficient (Wildman–Crippen LogP) is 2.78. The van der Waals surface area contributed by atoms with Crippen molar-refractivity contribution in [2.75, 3.05) is 17.1 Å². The topological polar surface area (TPSA) is 122 Å². The van der Waals surface area contributed by atoms with Gasteiger partial charge in [-0.15, -0.1) is 0 Å². The van der Waals surface area contributed by atoms with Gasteiger partial charge in [-0.1, -0.05) is 23.7 Å². The van der Waals surface area contributed by atoms with E-state index < -0.39 is 27.4 Å². The van der Waals surface area contributed by atoms with Crippen LogP contribution in [0, 0.1) is 24.0 Å². The number of non-ortho nitro benzene ring substituents is 1. The van der Waals surface area contributed by atoms with Gasteiger partial charge in [0.25, 0.3) is 11.6 Å². The summed E-state index contributed by atoms with van der Waals surface area (Å²) in [7, 11) is -3.73. The van der Waals surface area contributed by atoms with Gasteiger partial charge in [-0.05, 0) is 37.1 Å². The zero-order valence-corrected chi connectivity index (χ0v) is 17.5. The summed E-state index contributed by atoms with van der Waals surface area (Å²) in [4.78, 5) is 22.5. The smallest absolute Gasteiger partial charge is 0.270 e. The van der Waals surface area contributed by atoms with Gasteiger partial charge in [0.2, 0.25) is 10.0 Å². The molecule has 0 heterocycles. The largest absolute Gasteiger partial charge is 0.271 e. The number of nitro benzene ring substituents is 1. The van der Waals surface area contributed by atoms with Crippen molar-refractivity contribution in [2.24, 2.45) is 5.10 Å². The number of anilines is 1. The Morgan fingerprint density at radius 3 is 2.62 bits per heavy atom. The summed E-state index contributed by atoms with van der Waals surface area (Å²) < 4.78 is 25.4. The monoisotopic (exact) mass is 438 g/mol. The number of nitrogens with zero attached hydrogens (tertiary/aromatic N) is 3. The molecule has 0 aliphatic heterocycles. The first-order valence-corrected chi connectivity index (χ1v) is 10.5. The molecule has 0 radical (unpaired) electrons. The van der Waals surface area contributed by atoms with Crippen molar-refractivity contribution in [3.05, 3.63) is 68.2 Å². The molecule has 0 atom stereocenters. The van der Waals surface area contributed by atoms with Gasteiger partial charge in [-0.3, -0.25) is 19.2 Å². The fraction of sp³-hybridized carbons (Fsp3) is 0.222. The van der Waals surface area contributed by atoms with Gasteiger partial charge < -0.3 is 0 Å². The first-order valence-electron chi connectivity index (χ1n) is 8.30. The predicted molar refractivity (Wildman–Crippen MR) is 112 cm³/mol. The third kappa shape index (κ3) is 5.75. The number of benzene rings is 2. The van der Waals surface area contributed by atoms with Crippen molar-refractivity contribution in [2.45, 2.75) is 13.8 Å². The normalized spacial score (nSPS) is 11.4. The molecule has 0 saturated carbocycles. The van der Waals surface area contributed by atoms with Crippen LogP contribution in [0.5, 0.6) is 0 Å². The second-order valence-electron chi connectivity index (χ2n) is 6.24. The second-order valence-corrected chi connectivity index (χ2v) is 8.56. The van der Waals surface area contributed by atoms with Crippen LogP contribution in [-0.2, 0) is 14.8 Å². The molecule has 11 heteroatoms. The molecule has 2 rings (SSSR count). The average molecular weight is 439 g/mol. The molecule has 0 unspecified atom stereocenters. The standard InChI is InChI=1S/C18H19ClN4O5S/c1-12-5-4-6-17(13(12)2)22(29(3,27)28)11-18(24)21-20-10-14-9-15(23(25)26)7-8-16(14)19/h4-10H,11H2,1-3H3,(H,21,24)/b20-10-. The third-order valence-corrected chi connectivity index (χ3v) is 5.59. The minimum absolute atomic E-state index is 0.180. The quantitative estimate of drug-likeness (QED) is 0.404. The first-order chi connectivity index (χ1) is 13.5. The number of rotatable bonds is 7. The maximum atomic E-state index is 12.2. The molecule has 2 aromatic carbocycles. The molecule has 154 valence electrons. The summed E-state index contributed by atoms with van der Waals surface area (Å²) in [6.07, 6.45) is 2.16. The van der Waals surface area contributed by atoms with Gasteiger partial charge in [0.15, 0.2) is 0 Å². The second kappa shape index (κ2) is 9.01. The van der Waals surface area contributed by atoms with E-state index >= 15 is 0 Å². The lowest BCUT2D eigenvalue weighted by molar-refractivity contribution is -0.384. The Morgan fingerprint density at radius 2 is 2.00 bits per heavy atom. The van der Waals surface area contributed by atoms with E-state index in [0.29, 0.717) is 5.69 Å². The summed E-state index contributed by atoms with van der Waals surface area (Å²) in [5.41, 5.74) is 4.28. The number of carbonyl (C=O) groups is 1. The molecule has 0 aromatic heterocycles. The zero-order chi connectivity index (χ0) is 21.8. The minimum atomic E-state index is -3.73. The van der Waals surface area contributed by atoms with E-state index in [1.807, 2.05) is 13.0 Å². The number of nitrogens with one attached hydrogen (secondary N) is 1. The molecule has 0 bridgehead atoms. The van der Waals surface area contributed by atoms with Crippen molar-refractivity contribution in [3.8, 4) is 0 Å². The van der Waals surface area contributed by atoms with Crippen molar-refractivity contribution >= 4 is 45.1 Å². The lowest BCUT2D eigenvalue weighted by atomic mass is 10.1. The Kier molecular flexibility index (Phi) is 6.93. The SMILES string of the molecule is Cc1cccc(N(CC(=O)N/N=C\c2cc([N+](=O)[O-])ccc2Cl)S(C)(=O)=O)c1C. The molecule has 1 N–H and O–H groups in total. The lowest BCUT2D eigenvalue weighted by Gasteiger charge is -2.23. The Morgan fingerprint density at radius 1 is 1.31 bits per heavy atom. The highest BCUT2D eigenvalue weighted by Crippen LogP contribution is 2.24. The number of hydrogen-bond acceptors (Lipinski definition) is 6. The van der Waals surface area contributed by atoms with Crippen molar-refractivity contribution in [1.29, 1.82) is 0 Å². The molecule has 0 aliphatic rings. The number of hydrazone groups is 1. The summed E-state index contributed by atoms with van der Waals surface area (Å²) in [6.45, 7) is 3.12. The minimum Gasteiger partial charge on any atom is -0.271 e. The first kappa shape index (κ1) is 22.3. The van der Waals surface area contributed by atoms with E-state index in [2.05, 4.69) is 10.5 Å². The van der Waals surface area contributed by atoms with E-state index in [1.54, 1.807) is 19.1 Å². The Bertz CT molecular complexity index is 1090. The number of halogens is 1. The van der Waals surface area contributed by atoms with E-state index in [0.717, 1.165) is 27.9 Å². The van der Waals surface area contributed by atoms with Crippen LogP contribution >= 0.6 is 11.6 Å². The van der Waals surface area contributed by atoms with Crippen LogP contribution < -0.4 is 9.73 Å². The zero-order valence-electron chi connectivity index (χ0n) is 15.9. The van der Waals surface area contributed by atoms with Gasteiger partial charge in [-0.2, -0.15) is 5.10 Å². The van der Waals surface area contributed by atoms with E-state index in [1.165, 1.54) is 18.2 Å². The van der Waals surface area contributed by atoms with Crippen LogP contribution in [0.25, 0.3) is 0 Å². The van der Waals surface area contributed by atoms with Gasteiger partial charge >= 0.3 is 0 Å². The Hall–Kier alpha value is -2.98. The number of carbonyl (C=O) groups excluding carboxylic acids is 1. The van der Waals surface area contributed by atoms with E-state index in [-0.39, 0.29) is 16.3 Å². The molecule has 0 fully saturated rings. The molecular formula is C18H19ClN4O5S. The molecule has 9 nitrogen and oxygen atoms in total. The van der Waals surface area contributed by atoms with E-state index in [4.69, 9.17) is 11.6 Å². The Balaban J connectivity index is 2.18. The van der Waals surface area contributed by atoms with Crippen LogP contribution in [0.2, 0.25) is 5.02 Å². The number of hydrogen-bond donors (Lipinski definition) is 1. The fourth-order valence-corrected chi connectivity index (χ4v) is 3.54.